The summed E-state index contributed by atoms with van der Waals surface area (Å²) in [7, 11) is 0. The topological polar surface area (TPSA) is 12.0 Å². The molecule has 0 aliphatic rings. The summed E-state index contributed by atoms with van der Waals surface area (Å²) in [6.07, 6.45) is 1.22. The van der Waals surface area contributed by atoms with Gasteiger partial charge in [-0.25, -0.2) is 0 Å². The van der Waals surface area contributed by atoms with Gasteiger partial charge < -0.3 is 5.32 Å². The van der Waals surface area contributed by atoms with Crippen LogP contribution in [0.2, 0.25) is 0 Å². The van der Waals surface area contributed by atoms with Crippen molar-refractivity contribution in [3.8, 4) is 0 Å². The summed E-state index contributed by atoms with van der Waals surface area (Å²) in [4.78, 5) is 0. The van der Waals surface area contributed by atoms with Crippen molar-refractivity contribution in [2.45, 2.75) is 39.2 Å². The normalized spacial score (nSPS) is 14.1. The average molecular weight is 281 g/mol. The highest BCUT2D eigenvalue weighted by Gasteiger charge is 2.16. The van der Waals surface area contributed by atoms with Gasteiger partial charge in [0, 0.05) is 18.5 Å². The fraction of sp³-hybridized carbons (Fsp3) is 0.400. The zero-order valence-electron chi connectivity index (χ0n) is 13.4. The maximum Gasteiger partial charge on any atom is 0.0214 e. The second-order valence-electron chi connectivity index (χ2n) is 5.96. The molecule has 1 heteroatoms. The van der Waals surface area contributed by atoms with E-state index in [4.69, 9.17) is 0 Å². The van der Waals surface area contributed by atoms with Gasteiger partial charge in [0.1, 0.15) is 0 Å². The predicted molar refractivity (Wildman–Crippen MR) is 91.6 cm³/mol. The summed E-state index contributed by atoms with van der Waals surface area (Å²) >= 11 is 0. The molecule has 2 aromatic rings. The molecule has 1 N–H and O–H groups in total. The van der Waals surface area contributed by atoms with Crippen LogP contribution >= 0.6 is 0 Å². The third-order valence-electron chi connectivity index (χ3n) is 4.55. The molecule has 1 nitrogen and oxygen atoms in total. The van der Waals surface area contributed by atoms with Gasteiger partial charge in [-0.05, 0) is 24.0 Å². The fourth-order valence-corrected chi connectivity index (χ4v) is 2.66. The quantitative estimate of drug-likeness (QED) is 0.765. The summed E-state index contributed by atoms with van der Waals surface area (Å²) in [5.74, 6) is 1.12. The zero-order chi connectivity index (χ0) is 15.1. The van der Waals surface area contributed by atoms with Crippen LogP contribution in [0.5, 0.6) is 0 Å². The Morgan fingerprint density at radius 3 is 1.71 bits per heavy atom. The first-order valence-corrected chi connectivity index (χ1v) is 8.05. The first kappa shape index (κ1) is 15.8. The molecular weight excluding hydrogens is 254 g/mol. The van der Waals surface area contributed by atoms with Gasteiger partial charge in [-0.2, -0.15) is 0 Å². The first-order valence-electron chi connectivity index (χ1n) is 8.05. The molecule has 0 saturated heterocycles. The number of nitrogens with one attached hydrogen (secondary N) is 1. The van der Waals surface area contributed by atoms with Crippen molar-refractivity contribution >= 4 is 0 Å². The third kappa shape index (κ3) is 4.44. The molecule has 0 radical (unpaired) electrons. The molecule has 0 bridgehead atoms. The third-order valence-corrected chi connectivity index (χ3v) is 4.55. The highest BCUT2D eigenvalue weighted by Crippen LogP contribution is 2.24. The van der Waals surface area contributed by atoms with Crippen molar-refractivity contribution in [2.24, 2.45) is 5.92 Å². The van der Waals surface area contributed by atoms with Gasteiger partial charge in [0.15, 0.2) is 0 Å². The largest absolute Gasteiger partial charge is 0.313 e. The van der Waals surface area contributed by atoms with Gasteiger partial charge in [0.05, 0.1) is 0 Å². The molecule has 0 spiro atoms. The van der Waals surface area contributed by atoms with E-state index in [1.165, 1.54) is 17.5 Å². The van der Waals surface area contributed by atoms with Gasteiger partial charge in [-0.3, -0.25) is 0 Å². The maximum atomic E-state index is 3.73. The molecule has 21 heavy (non-hydrogen) atoms. The lowest BCUT2D eigenvalue weighted by molar-refractivity contribution is 0.386. The van der Waals surface area contributed by atoms with Crippen LogP contribution in [0.15, 0.2) is 60.7 Å². The van der Waals surface area contributed by atoms with Crippen molar-refractivity contribution in [2.75, 3.05) is 6.54 Å². The van der Waals surface area contributed by atoms with Crippen LogP contribution < -0.4 is 5.32 Å². The molecule has 0 fully saturated rings. The molecule has 0 aromatic heterocycles. The van der Waals surface area contributed by atoms with Gasteiger partial charge in [0.25, 0.3) is 0 Å². The fourth-order valence-electron chi connectivity index (χ4n) is 2.66. The van der Waals surface area contributed by atoms with E-state index >= 15 is 0 Å². The Morgan fingerprint density at radius 1 is 0.810 bits per heavy atom. The Labute approximate surface area is 129 Å². The van der Waals surface area contributed by atoms with Gasteiger partial charge in [0.2, 0.25) is 0 Å². The minimum absolute atomic E-state index is 0.416. The average Bonchev–Trinajstić information content (AvgIpc) is 2.56. The molecular formula is C20H27N. The Balaban J connectivity index is 2.14. The van der Waals surface area contributed by atoms with Crippen LogP contribution in [-0.2, 0) is 0 Å². The van der Waals surface area contributed by atoms with Crippen LogP contribution in [0, 0.1) is 5.92 Å². The molecule has 2 atom stereocenters. The smallest absolute Gasteiger partial charge is 0.0214 e. The van der Waals surface area contributed by atoms with E-state index in [-0.39, 0.29) is 0 Å². The summed E-state index contributed by atoms with van der Waals surface area (Å²) < 4.78 is 0. The van der Waals surface area contributed by atoms with Crippen LogP contribution in [0.4, 0.5) is 0 Å². The van der Waals surface area contributed by atoms with Crippen molar-refractivity contribution in [3.05, 3.63) is 71.8 Å². The number of hydrogen-bond acceptors (Lipinski definition) is 1. The number of benzene rings is 2. The lowest BCUT2D eigenvalue weighted by Crippen LogP contribution is -2.35. The lowest BCUT2D eigenvalue weighted by Gasteiger charge is -2.25. The van der Waals surface area contributed by atoms with E-state index in [0.29, 0.717) is 17.9 Å². The van der Waals surface area contributed by atoms with Crippen molar-refractivity contribution < 1.29 is 0 Å². The lowest BCUT2D eigenvalue weighted by atomic mass is 9.90. The summed E-state index contributed by atoms with van der Waals surface area (Å²) in [6, 6.07) is 22.1. The molecule has 0 aliphatic heterocycles. The second-order valence-corrected chi connectivity index (χ2v) is 5.96. The van der Waals surface area contributed by atoms with Crippen LogP contribution in [0.25, 0.3) is 0 Å². The van der Waals surface area contributed by atoms with Crippen molar-refractivity contribution in [1.82, 2.24) is 5.32 Å². The van der Waals surface area contributed by atoms with Crippen molar-refractivity contribution in [1.29, 1.82) is 0 Å². The van der Waals surface area contributed by atoms with E-state index in [2.05, 4.69) is 86.8 Å². The number of rotatable bonds is 7. The summed E-state index contributed by atoms with van der Waals surface area (Å²) in [5.41, 5.74) is 2.76. The molecule has 0 saturated carbocycles. The molecule has 2 rings (SSSR count). The maximum absolute atomic E-state index is 3.73. The Bertz CT molecular complexity index is 466. The molecule has 0 aliphatic carbocycles. The first-order chi connectivity index (χ1) is 10.2. The second kappa shape index (κ2) is 7.99. The summed E-state index contributed by atoms with van der Waals surface area (Å²) in [5, 5.41) is 3.73. The molecule has 112 valence electrons. The van der Waals surface area contributed by atoms with Crippen LogP contribution in [0.3, 0.4) is 0 Å². The van der Waals surface area contributed by atoms with Crippen molar-refractivity contribution in [3.63, 3.8) is 0 Å². The van der Waals surface area contributed by atoms with Gasteiger partial charge in [-0.15, -0.1) is 0 Å². The zero-order valence-corrected chi connectivity index (χ0v) is 13.4. The van der Waals surface area contributed by atoms with E-state index in [0.717, 1.165) is 6.54 Å². The Morgan fingerprint density at radius 2 is 1.29 bits per heavy atom. The van der Waals surface area contributed by atoms with Crippen LogP contribution in [-0.4, -0.2) is 12.6 Å². The minimum Gasteiger partial charge on any atom is -0.313 e. The van der Waals surface area contributed by atoms with Crippen LogP contribution in [0.1, 0.15) is 44.2 Å². The highest BCUT2D eigenvalue weighted by atomic mass is 14.9. The van der Waals surface area contributed by atoms with E-state index in [9.17, 15) is 0 Å². The SMILES string of the molecule is CCC(C)C(C)NCC(c1ccccc1)c1ccccc1. The van der Waals surface area contributed by atoms with Gasteiger partial charge in [-0.1, -0.05) is 80.9 Å². The monoisotopic (exact) mass is 281 g/mol. The predicted octanol–water partition coefficient (Wildman–Crippen LogP) is 4.84. The molecule has 0 amide bonds. The Hall–Kier alpha value is -1.60. The van der Waals surface area contributed by atoms with E-state index < -0.39 is 0 Å². The summed E-state index contributed by atoms with van der Waals surface area (Å²) in [6.45, 7) is 7.85. The van der Waals surface area contributed by atoms with E-state index in [1.807, 2.05) is 0 Å². The highest BCUT2D eigenvalue weighted by molar-refractivity contribution is 5.32. The van der Waals surface area contributed by atoms with Gasteiger partial charge >= 0.3 is 0 Å². The molecule has 2 aromatic carbocycles. The van der Waals surface area contributed by atoms with E-state index in [1.54, 1.807) is 0 Å². The molecule has 2 unspecified atom stereocenters. The minimum atomic E-state index is 0.416. The Kier molecular flexibility index (Phi) is 6.01. The standard InChI is InChI=1S/C20H27N/c1-4-16(2)17(3)21-15-20(18-11-7-5-8-12-18)19-13-9-6-10-14-19/h5-14,16-17,20-21H,4,15H2,1-3H3. The molecule has 0 heterocycles. The number of hydrogen-bond donors (Lipinski definition) is 1.